The zero-order valence-corrected chi connectivity index (χ0v) is 17.4. The minimum absolute atomic E-state index is 0.0565. The van der Waals surface area contributed by atoms with E-state index in [9.17, 15) is 14.0 Å². The fourth-order valence-corrected chi connectivity index (χ4v) is 3.83. The molecule has 0 atom stereocenters. The molecule has 0 saturated heterocycles. The molecule has 0 unspecified atom stereocenters. The van der Waals surface area contributed by atoms with Gasteiger partial charge in [-0.3, -0.25) is 9.36 Å². The summed E-state index contributed by atoms with van der Waals surface area (Å²) in [6.45, 7) is 0.229. The molecule has 5 aromatic rings. The Morgan fingerprint density at radius 3 is 2.47 bits per heavy atom. The smallest absolute Gasteiger partial charge is 0.337 e. The standard InChI is InChI=1S/C23H16ClFN4O3/c24-19-6-2-1-4-15(19)12-27-14-26-21-20(27)22(30)28(13-18-5-3-11-32-18)23(31)29(21)17-9-7-16(25)8-10-17/h1-11,14H,12-13H2. The minimum Gasteiger partial charge on any atom is -0.467 e. The van der Waals surface area contributed by atoms with Crippen LogP contribution in [-0.4, -0.2) is 18.7 Å². The van der Waals surface area contributed by atoms with Gasteiger partial charge in [0.25, 0.3) is 5.56 Å². The van der Waals surface area contributed by atoms with Crippen LogP contribution in [-0.2, 0) is 13.1 Å². The summed E-state index contributed by atoms with van der Waals surface area (Å²) in [4.78, 5) is 31.1. The highest BCUT2D eigenvalue weighted by atomic mass is 35.5. The van der Waals surface area contributed by atoms with E-state index in [1.54, 1.807) is 22.8 Å². The Morgan fingerprint density at radius 1 is 0.969 bits per heavy atom. The number of aromatic nitrogens is 4. The number of rotatable bonds is 5. The Kier molecular flexibility index (Phi) is 4.99. The third-order valence-corrected chi connectivity index (χ3v) is 5.55. The van der Waals surface area contributed by atoms with Crippen LogP contribution in [0, 0.1) is 5.82 Å². The van der Waals surface area contributed by atoms with Gasteiger partial charge in [-0.2, -0.15) is 0 Å². The van der Waals surface area contributed by atoms with Crippen LogP contribution in [0.25, 0.3) is 16.9 Å². The van der Waals surface area contributed by atoms with Gasteiger partial charge >= 0.3 is 5.69 Å². The summed E-state index contributed by atoms with van der Waals surface area (Å²) in [6, 6.07) is 16.1. The summed E-state index contributed by atoms with van der Waals surface area (Å²) >= 11 is 6.31. The molecule has 0 spiro atoms. The number of hydrogen-bond donors (Lipinski definition) is 0. The lowest BCUT2D eigenvalue weighted by Gasteiger charge is -2.12. The van der Waals surface area contributed by atoms with E-state index in [0.29, 0.717) is 16.5 Å². The number of furan rings is 1. The number of hydrogen-bond acceptors (Lipinski definition) is 4. The van der Waals surface area contributed by atoms with Gasteiger partial charge in [-0.25, -0.2) is 18.7 Å². The maximum absolute atomic E-state index is 13.5. The lowest BCUT2D eigenvalue weighted by Crippen LogP contribution is -2.40. The summed E-state index contributed by atoms with van der Waals surface area (Å²) in [5.41, 5.74) is 0.468. The molecular formula is C23H16ClFN4O3. The van der Waals surface area contributed by atoms with E-state index in [-0.39, 0.29) is 24.3 Å². The maximum atomic E-state index is 13.5. The van der Waals surface area contributed by atoms with Gasteiger partial charge in [-0.1, -0.05) is 29.8 Å². The average molecular weight is 451 g/mol. The van der Waals surface area contributed by atoms with Crippen molar-refractivity contribution >= 4 is 22.8 Å². The molecule has 3 heterocycles. The molecule has 160 valence electrons. The first-order chi connectivity index (χ1) is 15.5. The van der Waals surface area contributed by atoms with Crippen molar-refractivity contribution in [2.45, 2.75) is 13.1 Å². The molecule has 2 aromatic carbocycles. The molecule has 0 N–H and O–H groups in total. The maximum Gasteiger partial charge on any atom is 0.337 e. The summed E-state index contributed by atoms with van der Waals surface area (Å²) in [5, 5.41) is 0.553. The second-order valence-corrected chi connectivity index (χ2v) is 7.61. The highest BCUT2D eigenvalue weighted by Gasteiger charge is 2.20. The van der Waals surface area contributed by atoms with Gasteiger partial charge in [-0.05, 0) is 48.0 Å². The molecule has 0 saturated carbocycles. The Bertz CT molecular complexity index is 1530. The first-order valence-corrected chi connectivity index (χ1v) is 10.1. The molecule has 0 amide bonds. The van der Waals surface area contributed by atoms with E-state index in [1.807, 2.05) is 18.2 Å². The van der Waals surface area contributed by atoms with E-state index in [1.165, 1.54) is 41.4 Å². The second kappa shape index (κ2) is 7.97. The Hall–Kier alpha value is -3.91. The Balaban J connectivity index is 1.77. The molecule has 0 aliphatic rings. The fourth-order valence-electron chi connectivity index (χ4n) is 3.63. The third kappa shape index (κ3) is 3.44. The highest BCUT2D eigenvalue weighted by Crippen LogP contribution is 2.19. The molecule has 32 heavy (non-hydrogen) atoms. The molecule has 0 bridgehead atoms. The van der Waals surface area contributed by atoms with Crippen molar-refractivity contribution < 1.29 is 8.81 Å². The number of fused-ring (bicyclic) bond motifs is 1. The zero-order valence-electron chi connectivity index (χ0n) is 16.6. The largest absolute Gasteiger partial charge is 0.467 e. The highest BCUT2D eigenvalue weighted by molar-refractivity contribution is 6.31. The monoisotopic (exact) mass is 450 g/mol. The fraction of sp³-hybridized carbons (Fsp3) is 0.0870. The molecule has 0 fully saturated rings. The predicted octanol–water partition coefficient (Wildman–Crippen LogP) is 3.83. The van der Waals surface area contributed by atoms with Crippen molar-refractivity contribution in [3.8, 4) is 5.69 Å². The van der Waals surface area contributed by atoms with Crippen LogP contribution < -0.4 is 11.2 Å². The third-order valence-electron chi connectivity index (χ3n) is 5.18. The topological polar surface area (TPSA) is 75.0 Å². The molecule has 0 aliphatic heterocycles. The van der Waals surface area contributed by atoms with Crippen molar-refractivity contribution in [2.24, 2.45) is 0 Å². The van der Waals surface area contributed by atoms with Gasteiger partial charge < -0.3 is 8.98 Å². The van der Waals surface area contributed by atoms with Crippen molar-refractivity contribution in [3.05, 3.63) is 116 Å². The SMILES string of the molecule is O=c1c2c(ncn2Cc2ccccc2Cl)n(-c2ccc(F)cc2)c(=O)n1Cc1ccco1. The number of imidazole rings is 1. The van der Waals surface area contributed by atoms with E-state index in [4.69, 9.17) is 16.0 Å². The number of halogens is 2. The Morgan fingerprint density at radius 2 is 1.75 bits per heavy atom. The summed E-state index contributed by atoms with van der Waals surface area (Å²) < 4.78 is 22.9. The van der Waals surface area contributed by atoms with Crippen LogP contribution in [0.4, 0.5) is 4.39 Å². The van der Waals surface area contributed by atoms with E-state index >= 15 is 0 Å². The summed E-state index contributed by atoms with van der Waals surface area (Å²) in [6.07, 6.45) is 2.96. The molecule has 3 aromatic heterocycles. The van der Waals surface area contributed by atoms with Crippen molar-refractivity contribution in [1.82, 2.24) is 18.7 Å². The van der Waals surface area contributed by atoms with Gasteiger partial charge in [0, 0.05) is 5.02 Å². The Labute approximate surface area is 185 Å². The lowest BCUT2D eigenvalue weighted by atomic mass is 10.2. The molecular weight excluding hydrogens is 435 g/mol. The van der Waals surface area contributed by atoms with Crippen LogP contribution in [0.1, 0.15) is 11.3 Å². The van der Waals surface area contributed by atoms with Gasteiger partial charge in [0.1, 0.15) is 11.6 Å². The van der Waals surface area contributed by atoms with Gasteiger partial charge in [0.05, 0.1) is 31.4 Å². The molecule has 5 rings (SSSR count). The lowest BCUT2D eigenvalue weighted by molar-refractivity contribution is 0.482. The van der Waals surface area contributed by atoms with Gasteiger partial charge in [0.2, 0.25) is 0 Å². The molecule has 0 radical (unpaired) electrons. The van der Waals surface area contributed by atoms with Crippen LogP contribution in [0.3, 0.4) is 0 Å². The normalized spacial score (nSPS) is 11.3. The second-order valence-electron chi connectivity index (χ2n) is 7.20. The molecule has 0 aliphatic carbocycles. The number of nitrogens with zero attached hydrogens (tertiary/aromatic N) is 4. The summed E-state index contributed by atoms with van der Waals surface area (Å²) in [5.74, 6) is 0.0116. The molecule has 9 heteroatoms. The quantitative estimate of drug-likeness (QED) is 0.408. The van der Waals surface area contributed by atoms with E-state index in [2.05, 4.69) is 4.98 Å². The van der Waals surface area contributed by atoms with Gasteiger partial charge in [-0.15, -0.1) is 0 Å². The predicted molar refractivity (Wildman–Crippen MR) is 118 cm³/mol. The van der Waals surface area contributed by atoms with Crippen molar-refractivity contribution in [1.29, 1.82) is 0 Å². The van der Waals surface area contributed by atoms with Crippen molar-refractivity contribution in [2.75, 3.05) is 0 Å². The van der Waals surface area contributed by atoms with E-state index in [0.717, 1.165) is 10.1 Å². The van der Waals surface area contributed by atoms with Crippen LogP contribution in [0.2, 0.25) is 5.02 Å². The number of benzene rings is 2. The van der Waals surface area contributed by atoms with Crippen LogP contribution >= 0.6 is 11.6 Å². The van der Waals surface area contributed by atoms with Gasteiger partial charge in [0.15, 0.2) is 11.2 Å². The zero-order chi connectivity index (χ0) is 22.2. The first-order valence-electron chi connectivity index (χ1n) is 9.75. The van der Waals surface area contributed by atoms with Crippen LogP contribution in [0.15, 0.2) is 87.3 Å². The minimum atomic E-state index is -0.603. The first kappa shape index (κ1) is 20.0. The summed E-state index contributed by atoms with van der Waals surface area (Å²) in [7, 11) is 0. The van der Waals surface area contributed by atoms with Crippen molar-refractivity contribution in [3.63, 3.8) is 0 Å². The van der Waals surface area contributed by atoms with E-state index < -0.39 is 17.1 Å². The molecule has 7 nitrogen and oxygen atoms in total. The van der Waals surface area contributed by atoms with Crippen LogP contribution in [0.5, 0.6) is 0 Å². The average Bonchev–Trinajstić information content (AvgIpc) is 3.44.